The summed E-state index contributed by atoms with van der Waals surface area (Å²) in [5.74, 6) is -0.0261. The molecule has 0 bridgehead atoms. The zero-order chi connectivity index (χ0) is 34.4. The molecule has 3 amide bonds. The van der Waals surface area contributed by atoms with Crippen molar-refractivity contribution in [3.05, 3.63) is 59.3 Å². The number of nitriles is 1. The molecule has 15 nitrogen and oxygen atoms in total. The largest absolute Gasteiger partial charge is 0.483 e. The van der Waals surface area contributed by atoms with E-state index in [0.29, 0.717) is 37.4 Å². The third-order valence-corrected chi connectivity index (χ3v) is 7.98. The van der Waals surface area contributed by atoms with Crippen LogP contribution in [0.5, 0.6) is 0 Å². The van der Waals surface area contributed by atoms with E-state index in [4.69, 9.17) is 26.8 Å². The summed E-state index contributed by atoms with van der Waals surface area (Å²) >= 11 is 6.53. The number of urea groups is 1. The maximum Gasteiger partial charge on any atom is 0.435 e. The monoisotopic (exact) mass is 687 g/mol. The number of piperazine rings is 1. The predicted molar refractivity (Wildman–Crippen MR) is 166 cm³/mol. The summed E-state index contributed by atoms with van der Waals surface area (Å²) < 4.78 is 43.6. The Morgan fingerprint density at radius 1 is 1.19 bits per heavy atom. The SMILES string of the molecule is N#CCn1cc(-c2cnc3c(Nc4ccc(C(=O)N5CCN(C(=O)N[C@H]6CCNC6)CC5)c(Cl)c4)nccn23)c(C(F)(F)F)n1.O=CO. The maximum atomic E-state index is 13.8. The molecule has 0 saturated carbocycles. The van der Waals surface area contributed by atoms with E-state index in [0.717, 1.165) is 30.4 Å². The number of aromatic nitrogens is 5. The first-order valence-electron chi connectivity index (χ1n) is 14.6. The number of nitrogens with one attached hydrogen (secondary N) is 3. The van der Waals surface area contributed by atoms with Gasteiger partial charge in [0.1, 0.15) is 6.54 Å². The number of halogens is 4. The van der Waals surface area contributed by atoms with Crippen LogP contribution >= 0.6 is 11.6 Å². The molecule has 4 aromatic rings. The molecular weight excluding hydrogens is 659 g/mol. The Hall–Kier alpha value is -5.41. The van der Waals surface area contributed by atoms with E-state index in [9.17, 15) is 22.8 Å². The lowest BCUT2D eigenvalue weighted by Gasteiger charge is -2.35. The molecule has 4 N–H and O–H groups in total. The van der Waals surface area contributed by atoms with Crippen molar-refractivity contribution in [2.75, 3.05) is 44.6 Å². The number of amides is 3. The molecule has 1 aromatic carbocycles. The Morgan fingerprint density at radius 3 is 2.56 bits per heavy atom. The van der Waals surface area contributed by atoms with Crippen molar-refractivity contribution in [3.63, 3.8) is 0 Å². The molecule has 19 heteroatoms. The Labute approximate surface area is 275 Å². The minimum Gasteiger partial charge on any atom is -0.483 e. The van der Waals surface area contributed by atoms with Gasteiger partial charge in [-0.1, -0.05) is 11.6 Å². The average molecular weight is 688 g/mol. The normalized spacial score (nSPS) is 16.2. The Balaban J connectivity index is 0.00000145. The molecule has 3 aromatic heterocycles. The third kappa shape index (κ3) is 7.42. The summed E-state index contributed by atoms with van der Waals surface area (Å²) in [5.41, 5.74) is -0.261. The molecular formula is C29H29ClF3N11O4. The number of fused-ring (bicyclic) bond motifs is 1. The first kappa shape index (κ1) is 33.9. The summed E-state index contributed by atoms with van der Waals surface area (Å²) in [5, 5.41) is 28.9. The van der Waals surface area contributed by atoms with Crippen LogP contribution in [0.3, 0.4) is 0 Å². The summed E-state index contributed by atoms with van der Waals surface area (Å²) in [6.45, 7) is 2.57. The van der Waals surface area contributed by atoms with Crippen molar-refractivity contribution in [3.8, 4) is 17.3 Å². The van der Waals surface area contributed by atoms with Gasteiger partial charge < -0.3 is 30.9 Å². The van der Waals surface area contributed by atoms with Gasteiger partial charge in [-0.3, -0.25) is 18.7 Å². The highest BCUT2D eigenvalue weighted by Crippen LogP contribution is 2.37. The van der Waals surface area contributed by atoms with Crippen molar-refractivity contribution in [1.29, 1.82) is 5.26 Å². The molecule has 2 aliphatic rings. The number of hydrogen-bond acceptors (Lipinski definition) is 9. The third-order valence-electron chi connectivity index (χ3n) is 7.67. The van der Waals surface area contributed by atoms with E-state index >= 15 is 0 Å². The molecule has 48 heavy (non-hydrogen) atoms. The van der Waals surface area contributed by atoms with Gasteiger partial charge in [-0.15, -0.1) is 0 Å². The van der Waals surface area contributed by atoms with Crippen LogP contribution in [0.15, 0.2) is 43.0 Å². The zero-order valence-corrected chi connectivity index (χ0v) is 25.9. The van der Waals surface area contributed by atoms with E-state index in [-0.39, 0.29) is 58.7 Å². The van der Waals surface area contributed by atoms with E-state index in [1.165, 1.54) is 23.0 Å². The second-order valence-electron chi connectivity index (χ2n) is 10.7. The number of anilines is 2. The maximum absolute atomic E-state index is 13.8. The van der Waals surface area contributed by atoms with Crippen LogP contribution in [0.4, 0.5) is 29.5 Å². The number of rotatable bonds is 6. The molecule has 0 spiro atoms. The van der Waals surface area contributed by atoms with Gasteiger partial charge in [-0.25, -0.2) is 14.8 Å². The first-order valence-corrected chi connectivity index (χ1v) is 15.0. The molecule has 2 saturated heterocycles. The second kappa shape index (κ2) is 14.6. The van der Waals surface area contributed by atoms with Gasteiger partial charge in [0.2, 0.25) is 0 Å². The van der Waals surface area contributed by atoms with E-state index < -0.39 is 11.9 Å². The summed E-state index contributed by atoms with van der Waals surface area (Å²) in [4.78, 5) is 46.1. The highest BCUT2D eigenvalue weighted by molar-refractivity contribution is 6.34. The minimum absolute atomic E-state index is 0.110. The number of imidazole rings is 1. The van der Waals surface area contributed by atoms with Crippen molar-refractivity contribution in [1.82, 2.24) is 44.6 Å². The highest BCUT2D eigenvalue weighted by Gasteiger charge is 2.38. The zero-order valence-electron chi connectivity index (χ0n) is 25.1. The van der Waals surface area contributed by atoms with Crippen LogP contribution in [0.2, 0.25) is 5.02 Å². The number of hydrogen-bond donors (Lipinski definition) is 4. The molecule has 0 unspecified atom stereocenters. The number of carbonyl (C=O) groups excluding carboxylic acids is 2. The Morgan fingerprint density at radius 2 is 1.92 bits per heavy atom. The van der Waals surface area contributed by atoms with Crippen molar-refractivity contribution >= 4 is 47.2 Å². The summed E-state index contributed by atoms with van der Waals surface area (Å²) in [6.07, 6.45) is 1.43. The lowest BCUT2D eigenvalue weighted by Crippen LogP contribution is -2.54. The smallest absolute Gasteiger partial charge is 0.435 e. The van der Waals surface area contributed by atoms with E-state index in [1.54, 1.807) is 34.1 Å². The van der Waals surface area contributed by atoms with Crippen LogP contribution < -0.4 is 16.0 Å². The topological polar surface area (TPSA) is 186 Å². The Bertz CT molecular complexity index is 1840. The van der Waals surface area contributed by atoms with Crippen molar-refractivity contribution in [2.45, 2.75) is 25.2 Å². The van der Waals surface area contributed by atoms with Gasteiger partial charge in [-0.2, -0.15) is 23.5 Å². The van der Waals surface area contributed by atoms with Crippen LogP contribution in [-0.4, -0.2) is 103 Å². The average Bonchev–Trinajstić information content (AvgIpc) is 3.82. The molecule has 0 aliphatic carbocycles. The molecule has 2 aliphatic heterocycles. The van der Waals surface area contributed by atoms with E-state index in [2.05, 4.69) is 31.0 Å². The first-order chi connectivity index (χ1) is 23.0. The van der Waals surface area contributed by atoms with Gasteiger partial charge in [0.15, 0.2) is 17.2 Å². The minimum atomic E-state index is -4.75. The highest BCUT2D eigenvalue weighted by atomic mass is 35.5. The molecule has 2 fully saturated rings. The lowest BCUT2D eigenvalue weighted by atomic mass is 10.1. The molecule has 1 atom stereocenters. The van der Waals surface area contributed by atoms with Crippen LogP contribution in [0.1, 0.15) is 22.5 Å². The van der Waals surface area contributed by atoms with Gasteiger partial charge in [0.05, 0.1) is 34.1 Å². The lowest BCUT2D eigenvalue weighted by molar-refractivity contribution is -0.141. The van der Waals surface area contributed by atoms with E-state index in [1.807, 2.05) is 0 Å². The number of benzene rings is 1. The predicted octanol–water partition coefficient (Wildman–Crippen LogP) is 3.06. The fourth-order valence-corrected chi connectivity index (χ4v) is 5.67. The number of carbonyl (C=O) groups is 3. The van der Waals surface area contributed by atoms with Crippen molar-refractivity contribution in [2.24, 2.45) is 0 Å². The second-order valence-corrected chi connectivity index (χ2v) is 11.1. The molecule has 6 rings (SSSR count). The van der Waals surface area contributed by atoms with Crippen LogP contribution in [0, 0.1) is 11.3 Å². The van der Waals surface area contributed by atoms with Crippen LogP contribution in [0.25, 0.3) is 16.9 Å². The van der Waals surface area contributed by atoms with Gasteiger partial charge in [0, 0.05) is 63.0 Å². The number of alkyl halides is 3. The fraction of sp³-hybridized carbons (Fsp3) is 0.345. The standard InChI is InChI=1S/C28H27ClF3N11O2.CH2O2/c29-21-13-17(1-2-19(21)26(44)40-9-11-41(12-10-40)27(45)38-18-3-5-34-14-18)37-24-25-36-15-22(43(25)8-6-35-24)20-16-42(7-4-33)39-23(20)28(30,31)32;2-1-3/h1-2,6,8,13,15-16,18,34H,3,5,7,9-12,14H2,(H,35,37)(H,38,45);1H,(H,2,3)/t18-;/m0./s1. The summed E-state index contributed by atoms with van der Waals surface area (Å²) in [6, 6.07) is 6.54. The van der Waals surface area contributed by atoms with Gasteiger partial charge >= 0.3 is 12.2 Å². The van der Waals surface area contributed by atoms with Crippen LogP contribution in [-0.2, 0) is 17.5 Å². The summed E-state index contributed by atoms with van der Waals surface area (Å²) in [7, 11) is 0. The number of carboxylic acid groups (broad SMARTS) is 1. The molecule has 252 valence electrons. The van der Waals surface area contributed by atoms with Crippen molar-refractivity contribution < 1.29 is 32.7 Å². The fourth-order valence-electron chi connectivity index (χ4n) is 5.41. The van der Waals surface area contributed by atoms with Gasteiger partial charge in [0.25, 0.3) is 12.4 Å². The molecule has 0 radical (unpaired) electrons. The number of nitrogens with zero attached hydrogens (tertiary/aromatic N) is 8. The quantitative estimate of drug-likeness (QED) is 0.220. The van der Waals surface area contributed by atoms with Gasteiger partial charge in [-0.05, 0) is 31.2 Å². The Kier molecular flexibility index (Phi) is 10.3. The molecule has 5 heterocycles.